The van der Waals surface area contributed by atoms with Crippen LogP contribution in [0.5, 0.6) is 0 Å². The molecule has 5 nitrogen and oxygen atoms in total. The van der Waals surface area contributed by atoms with E-state index in [1.165, 1.54) is 27.2 Å². The van der Waals surface area contributed by atoms with Crippen molar-refractivity contribution in [1.29, 1.82) is 0 Å². The van der Waals surface area contributed by atoms with Gasteiger partial charge >= 0.3 is 5.84 Å². The SMILES string of the molecule is NN=NC(=[NH2+])c1ccc2c(c1)c1ccccc1n2Cc1cccc2ccccc12. The molecule has 4 N–H and O–H groups in total. The van der Waals surface area contributed by atoms with Crippen LogP contribution in [0.2, 0.25) is 0 Å². The zero-order chi connectivity index (χ0) is 19.8. The molecule has 0 saturated heterocycles. The van der Waals surface area contributed by atoms with Gasteiger partial charge in [-0.3, -0.25) is 11.3 Å². The van der Waals surface area contributed by atoms with Crippen LogP contribution in [0.1, 0.15) is 11.1 Å². The van der Waals surface area contributed by atoms with Gasteiger partial charge in [0.25, 0.3) is 0 Å². The Morgan fingerprint density at radius 1 is 0.793 bits per heavy atom. The average molecular weight is 378 g/mol. The minimum Gasteiger partial charge on any atom is -0.336 e. The van der Waals surface area contributed by atoms with Gasteiger partial charge in [-0.2, -0.15) is 0 Å². The summed E-state index contributed by atoms with van der Waals surface area (Å²) in [7, 11) is 0. The highest BCUT2D eigenvalue weighted by molar-refractivity contribution is 6.10. The largest absolute Gasteiger partial charge is 0.350 e. The molecule has 0 radical (unpaired) electrons. The number of para-hydroxylation sites is 1. The van der Waals surface area contributed by atoms with E-state index in [9.17, 15) is 0 Å². The summed E-state index contributed by atoms with van der Waals surface area (Å²) in [6.45, 7) is 0.784. The lowest BCUT2D eigenvalue weighted by atomic mass is 10.0. The number of hydrogen-bond donors (Lipinski definition) is 2. The molecule has 0 aliphatic heterocycles. The first kappa shape index (κ1) is 17.1. The van der Waals surface area contributed by atoms with Crippen molar-refractivity contribution < 1.29 is 5.41 Å². The molecule has 1 aromatic heterocycles. The Balaban J connectivity index is 1.73. The topological polar surface area (TPSA) is 81.3 Å². The lowest BCUT2D eigenvalue weighted by Gasteiger charge is -2.11. The van der Waals surface area contributed by atoms with Crippen LogP contribution in [-0.2, 0) is 6.54 Å². The van der Waals surface area contributed by atoms with Crippen molar-refractivity contribution >= 4 is 38.4 Å². The van der Waals surface area contributed by atoms with Gasteiger partial charge < -0.3 is 4.57 Å². The first-order valence-corrected chi connectivity index (χ1v) is 9.47. The number of amidine groups is 1. The van der Waals surface area contributed by atoms with Gasteiger partial charge in [0, 0.05) is 33.6 Å². The Hall–Kier alpha value is -3.99. The van der Waals surface area contributed by atoms with E-state index in [4.69, 9.17) is 11.3 Å². The van der Waals surface area contributed by atoms with Crippen molar-refractivity contribution in [1.82, 2.24) is 4.57 Å². The number of hydrogen-bond acceptors (Lipinski definition) is 1. The molecule has 140 valence electrons. The molecule has 0 bridgehead atoms. The van der Waals surface area contributed by atoms with E-state index in [0.717, 1.165) is 23.0 Å². The predicted molar refractivity (Wildman–Crippen MR) is 118 cm³/mol. The molecule has 29 heavy (non-hydrogen) atoms. The number of benzene rings is 4. The summed E-state index contributed by atoms with van der Waals surface area (Å²) in [5.41, 5.74) is 4.43. The Labute approximate surface area is 167 Å². The maximum atomic E-state index is 6.00. The third kappa shape index (κ3) is 2.84. The average Bonchev–Trinajstić information content (AvgIpc) is 3.07. The normalized spacial score (nSPS) is 11.7. The smallest absolute Gasteiger partial charge is 0.336 e. The minimum absolute atomic E-state index is 0.306. The Morgan fingerprint density at radius 2 is 1.52 bits per heavy atom. The van der Waals surface area contributed by atoms with Crippen molar-refractivity contribution in [2.24, 2.45) is 16.2 Å². The Bertz CT molecular complexity index is 1410. The van der Waals surface area contributed by atoms with Gasteiger partial charge in [0.15, 0.2) is 0 Å². The molecule has 0 atom stereocenters. The van der Waals surface area contributed by atoms with E-state index in [1.807, 2.05) is 6.07 Å². The van der Waals surface area contributed by atoms with Gasteiger partial charge in [-0.25, -0.2) is 0 Å². The molecule has 0 spiro atoms. The van der Waals surface area contributed by atoms with Crippen molar-refractivity contribution in [3.05, 3.63) is 96.1 Å². The van der Waals surface area contributed by atoms with E-state index in [0.29, 0.717) is 5.84 Å². The molecule has 4 aromatic carbocycles. The Morgan fingerprint density at radius 3 is 2.38 bits per heavy atom. The highest BCUT2D eigenvalue weighted by Gasteiger charge is 2.15. The summed E-state index contributed by atoms with van der Waals surface area (Å²) >= 11 is 0. The molecule has 5 aromatic rings. The summed E-state index contributed by atoms with van der Waals surface area (Å²) in [5, 5.41) is 17.9. The number of nitrogens with zero attached hydrogens (tertiary/aromatic N) is 3. The fraction of sp³-hybridized carbons (Fsp3) is 0.0417. The second-order valence-corrected chi connectivity index (χ2v) is 7.07. The summed E-state index contributed by atoms with van der Waals surface area (Å²) in [6.07, 6.45) is 0. The maximum Gasteiger partial charge on any atom is 0.350 e. The predicted octanol–water partition coefficient (Wildman–Crippen LogP) is 3.83. The molecule has 0 amide bonds. The van der Waals surface area contributed by atoms with Crippen molar-refractivity contribution in [3.8, 4) is 0 Å². The molecule has 0 saturated carbocycles. The standard InChI is InChI=1S/C24H19N5/c25-24(27-28-26)17-12-13-23-21(14-17)20-10-3-4-11-22(20)29(23)15-18-8-5-7-16-6-1-2-9-19(16)18/h1-14H,15H2,(H3,25,26,27)/p+1. The number of fused-ring (bicyclic) bond motifs is 4. The second kappa shape index (κ2) is 6.87. The Kier molecular flexibility index (Phi) is 4.06. The van der Waals surface area contributed by atoms with Crippen molar-refractivity contribution in [2.75, 3.05) is 0 Å². The lowest BCUT2D eigenvalue weighted by molar-refractivity contribution is -0.114. The first-order valence-electron chi connectivity index (χ1n) is 9.47. The molecule has 0 unspecified atom stereocenters. The highest BCUT2D eigenvalue weighted by Crippen LogP contribution is 2.31. The molecule has 0 fully saturated rings. The highest BCUT2D eigenvalue weighted by atomic mass is 15.3. The van der Waals surface area contributed by atoms with Crippen LogP contribution in [0.4, 0.5) is 0 Å². The molecule has 5 rings (SSSR count). The van der Waals surface area contributed by atoms with Crippen LogP contribution in [0.15, 0.2) is 95.3 Å². The van der Waals surface area contributed by atoms with E-state index >= 15 is 0 Å². The quantitative estimate of drug-likeness (QED) is 0.162. The van der Waals surface area contributed by atoms with Crippen molar-refractivity contribution in [2.45, 2.75) is 6.54 Å². The van der Waals surface area contributed by atoms with E-state index in [1.54, 1.807) is 0 Å². The van der Waals surface area contributed by atoms with Gasteiger partial charge in [0.05, 0.1) is 10.7 Å². The number of aromatic nitrogens is 1. The zero-order valence-corrected chi connectivity index (χ0v) is 15.8. The minimum atomic E-state index is 0.306. The fourth-order valence-electron chi connectivity index (χ4n) is 4.10. The van der Waals surface area contributed by atoms with Crippen LogP contribution in [-0.4, -0.2) is 10.4 Å². The maximum absolute atomic E-state index is 6.00. The van der Waals surface area contributed by atoms with E-state index in [2.05, 4.69) is 93.8 Å². The van der Waals surface area contributed by atoms with E-state index < -0.39 is 0 Å². The van der Waals surface area contributed by atoms with Crippen molar-refractivity contribution in [3.63, 3.8) is 0 Å². The van der Waals surface area contributed by atoms with Gasteiger partial charge in [-0.15, -0.1) is 0 Å². The third-order valence-corrected chi connectivity index (χ3v) is 5.44. The summed E-state index contributed by atoms with van der Waals surface area (Å²) in [5.74, 6) is 5.46. The van der Waals surface area contributed by atoms with Gasteiger partial charge in [0.2, 0.25) is 0 Å². The fourth-order valence-corrected chi connectivity index (χ4v) is 4.10. The van der Waals surface area contributed by atoms with Gasteiger partial charge in [-0.1, -0.05) is 60.7 Å². The molecular weight excluding hydrogens is 358 g/mol. The zero-order valence-electron chi connectivity index (χ0n) is 15.8. The van der Waals surface area contributed by atoms with Crippen LogP contribution in [0.3, 0.4) is 0 Å². The first-order chi connectivity index (χ1) is 14.3. The summed E-state index contributed by atoms with van der Waals surface area (Å²) < 4.78 is 2.36. The summed E-state index contributed by atoms with van der Waals surface area (Å²) in [6, 6.07) is 29.5. The number of rotatable bonds is 3. The summed E-state index contributed by atoms with van der Waals surface area (Å²) in [4.78, 5) is 0. The molecule has 0 aliphatic rings. The third-order valence-electron chi connectivity index (χ3n) is 5.44. The van der Waals surface area contributed by atoms with Crippen LogP contribution in [0.25, 0.3) is 32.6 Å². The lowest BCUT2D eigenvalue weighted by Crippen LogP contribution is -2.38. The molecule has 5 heteroatoms. The van der Waals surface area contributed by atoms with Gasteiger partial charge in [0.1, 0.15) is 0 Å². The molecule has 0 aliphatic carbocycles. The van der Waals surface area contributed by atoms with Crippen LogP contribution >= 0.6 is 0 Å². The second-order valence-electron chi connectivity index (χ2n) is 7.07. The molecule has 1 heterocycles. The molecular formula is C24H20N5+. The monoisotopic (exact) mass is 378 g/mol. The van der Waals surface area contributed by atoms with E-state index in [-0.39, 0.29) is 0 Å². The van der Waals surface area contributed by atoms with Crippen LogP contribution < -0.4 is 11.3 Å². The van der Waals surface area contributed by atoms with Gasteiger partial charge in [-0.05, 0) is 40.6 Å². The number of nitrogens with two attached hydrogens (primary N) is 2. The van der Waals surface area contributed by atoms with Crippen LogP contribution in [0, 0.1) is 0 Å².